The van der Waals surface area contributed by atoms with Gasteiger partial charge in [-0.3, -0.25) is 4.90 Å². The Balaban J connectivity index is 2.09. The van der Waals surface area contributed by atoms with Crippen LogP contribution in [0.2, 0.25) is 0 Å². The Hall–Kier alpha value is -1.13. The molecule has 21 heavy (non-hydrogen) atoms. The summed E-state index contributed by atoms with van der Waals surface area (Å²) in [5.74, 6) is 0.774. The third-order valence-corrected chi connectivity index (χ3v) is 5.17. The van der Waals surface area contributed by atoms with Crippen LogP contribution in [0.5, 0.6) is 5.75 Å². The van der Waals surface area contributed by atoms with E-state index in [-0.39, 0.29) is 0 Å². The first-order valence-corrected chi connectivity index (χ1v) is 8.13. The van der Waals surface area contributed by atoms with Gasteiger partial charge >= 0.3 is 0 Å². The molecule has 3 nitrogen and oxygen atoms in total. The van der Waals surface area contributed by atoms with Gasteiger partial charge in [0, 0.05) is 13.1 Å². The van der Waals surface area contributed by atoms with Crippen LogP contribution in [0, 0.1) is 5.41 Å². The lowest BCUT2D eigenvalue weighted by Crippen LogP contribution is -2.26. The second-order valence-corrected chi connectivity index (χ2v) is 6.51. The highest BCUT2D eigenvalue weighted by Gasteiger charge is 2.34. The smallest absolute Gasteiger partial charge is 0.129 e. The summed E-state index contributed by atoms with van der Waals surface area (Å²) in [5, 5.41) is 0. The van der Waals surface area contributed by atoms with Gasteiger partial charge in [-0.1, -0.05) is 32.1 Å². The Bertz CT molecular complexity index is 512. The van der Waals surface area contributed by atoms with Crippen molar-refractivity contribution in [3.63, 3.8) is 0 Å². The van der Waals surface area contributed by atoms with Crippen molar-refractivity contribution in [3.05, 3.63) is 29.3 Å². The number of hydrogen-bond donors (Lipinski definition) is 1. The minimum absolute atomic E-state index is 0.385. The van der Waals surface area contributed by atoms with Crippen LogP contribution in [0.3, 0.4) is 0 Å². The molecule has 0 atom stereocenters. The Morgan fingerprint density at radius 1 is 1.38 bits per heavy atom. The number of ether oxygens (including phenoxy) is 1. The molecule has 0 unspecified atom stereocenters. The molecule has 0 saturated carbocycles. The maximum atomic E-state index is 5.72. The zero-order chi connectivity index (χ0) is 15.5. The van der Waals surface area contributed by atoms with Crippen LogP contribution in [-0.4, -0.2) is 30.1 Å². The molecule has 1 aliphatic heterocycles. The van der Waals surface area contributed by atoms with Gasteiger partial charge in [-0.2, -0.15) is 0 Å². The average molecular weight is 306 g/mol. The van der Waals surface area contributed by atoms with E-state index in [0.717, 1.165) is 17.9 Å². The van der Waals surface area contributed by atoms with E-state index in [1.165, 1.54) is 37.9 Å². The second kappa shape index (κ2) is 6.75. The number of nitrogens with two attached hydrogens (primary N) is 1. The van der Waals surface area contributed by atoms with Gasteiger partial charge in [-0.15, -0.1) is 0 Å². The van der Waals surface area contributed by atoms with E-state index in [0.29, 0.717) is 10.4 Å². The van der Waals surface area contributed by atoms with Crippen LogP contribution < -0.4 is 10.5 Å². The van der Waals surface area contributed by atoms with Crippen LogP contribution in [0.25, 0.3) is 0 Å². The van der Waals surface area contributed by atoms with E-state index < -0.39 is 0 Å². The zero-order valence-electron chi connectivity index (χ0n) is 13.3. The quantitative estimate of drug-likeness (QED) is 0.818. The number of thiocarbonyl (C=S) groups is 1. The van der Waals surface area contributed by atoms with Crippen molar-refractivity contribution in [1.82, 2.24) is 4.90 Å². The Labute approximate surface area is 133 Å². The topological polar surface area (TPSA) is 38.5 Å². The molecular formula is C17H26N2OS. The summed E-state index contributed by atoms with van der Waals surface area (Å²) in [5.41, 5.74) is 8.31. The van der Waals surface area contributed by atoms with Gasteiger partial charge in [-0.25, -0.2) is 0 Å². The number of benzene rings is 1. The fraction of sp³-hybridized carbons (Fsp3) is 0.588. The SMILES string of the molecule is CCC1(CC)CCN(Cc2ccc(C(N)=S)c(OC)c2)C1. The first-order valence-electron chi connectivity index (χ1n) is 7.72. The first-order chi connectivity index (χ1) is 10.0. The lowest BCUT2D eigenvalue weighted by atomic mass is 9.82. The lowest BCUT2D eigenvalue weighted by Gasteiger charge is -2.26. The molecule has 116 valence electrons. The predicted molar refractivity (Wildman–Crippen MR) is 91.8 cm³/mol. The molecule has 0 radical (unpaired) electrons. The molecule has 4 heteroatoms. The van der Waals surface area contributed by atoms with Crippen LogP contribution in [0.4, 0.5) is 0 Å². The summed E-state index contributed by atoms with van der Waals surface area (Å²) < 4.78 is 5.41. The minimum atomic E-state index is 0.385. The highest BCUT2D eigenvalue weighted by Crippen LogP contribution is 2.37. The molecule has 1 fully saturated rings. The molecule has 1 heterocycles. The predicted octanol–water partition coefficient (Wildman–Crippen LogP) is 3.34. The Kier molecular flexibility index (Phi) is 5.22. The van der Waals surface area contributed by atoms with E-state index in [4.69, 9.17) is 22.7 Å². The van der Waals surface area contributed by atoms with Crippen molar-refractivity contribution in [2.24, 2.45) is 11.1 Å². The fourth-order valence-electron chi connectivity index (χ4n) is 3.29. The van der Waals surface area contributed by atoms with Crippen molar-refractivity contribution in [2.75, 3.05) is 20.2 Å². The van der Waals surface area contributed by atoms with Crippen molar-refractivity contribution in [1.29, 1.82) is 0 Å². The van der Waals surface area contributed by atoms with E-state index in [1.807, 2.05) is 6.07 Å². The van der Waals surface area contributed by atoms with Crippen LogP contribution >= 0.6 is 12.2 Å². The highest BCUT2D eigenvalue weighted by molar-refractivity contribution is 7.80. The molecule has 0 aromatic heterocycles. The summed E-state index contributed by atoms with van der Waals surface area (Å²) >= 11 is 5.05. The average Bonchev–Trinajstić information content (AvgIpc) is 2.90. The molecule has 1 aromatic rings. The van der Waals surface area contributed by atoms with Crippen LogP contribution in [-0.2, 0) is 6.54 Å². The van der Waals surface area contributed by atoms with E-state index in [2.05, 4.69) is 30.9 Å². The number of methoxy groups -OCH3 is 1. The highest BCUT2D eigenvalue weighted by atomic mass is 32.1. The third kappa shape index (κ3) is 3.55. The van der Waals surface area contributed by atoms with E-state index in [9.17, 15) is 0 Å². The summed E-state index contributed by atoms with van der Waals surface area (Å²) in [6.07, 6.45) is 3.84. The molecule has 0 amide bonds. The van der Waals surface area contributed by atoms with Gasteiger partial charge in [0.05, 0.1) is 12.7 Å². The fourth-order valence-corrected chi connectivity index (χ4v) is 3.45. The minimum Gasteiger partial charge on any atom is -0.496 e. The largest absolute Gasteiger partial charge is 0.496 e. The van der Waals surface area contributed by atoms with Gasteiger partial charge in [0.2, 0.25) is 0 Å². The summed E-state index contributed by atoms with van der Waals surface area (Å²) in [6, 6.07) is 6.14. The summed E-state index contributed by atoms with van der Waals surface area (Å²) in [4.78, 5) is 2.93. The number of hydrogen-bond acceptors (Lipinski definition) is 3. The maximum Gasteiger partial charge on any atom is 0.129 e. The molecule has 1 saturated heterocycles. The number of rotatable bonds is 6. The third-order valence-electron chi connectivity index (χ3n) is 4.95. The van der Waals surface area contributed by atoms with Crippen molar-refractivity contribution in [2.45, 2.75) is 39.7 Å². The molecule has 1 aliphatic rings. The Morgan fingerprint density at radius 3 is 2.62 bits per heavy atom. The van der Waals surface area contributed by atoms with Gasteiger partial charge in [0.15, 0.2) is 0 Å². The maximum absolute atomic E-state index is 5.72. The lowest BCUT2D eigenvalue weighted by molar-refractivity contribution is 0.236. The van der Waals surface area contributed by atoms with Gasteiger partial charge in [-0.05, 0) is 48.9 Å². The molecule has 0 bridgehead atoms. The van der Waals surface area contributed by atoms with E-state index >= 15 is 0 Å². The van der Waals surface area contributed by atoms with Gasteiger partial charge in [0.25, 0.3) is 0 Å². The number of nitrogens with zero attached hydrogens (tertiary/aromatic N) is 1. The summed E-state index contributed by atoms with van der Waals surface area (Å²) in [6.45, 7) is 7.97. The monoisotopic (exact) mass is 306 g/mol. The molecule has 2 rings (SSSR count). The van der Waals surface area contributed by atoms with Crippen molar-refractivity contribution in [3.8, 4) is 5.75 Å². The van der Waals surface area contributed by atoms with Gasteiger partial charge < -0.3 is 10.5 Å². The molecule has 0 aliphatic carbocycles. The molecule has 2 N–H and O–H groups in total. The number of likely N-dealkylation sites (tertiary alicyclic amines) is 1. The van der Waals surface area contributed by atoms with Crippen LogP contribution in [0.15, 0.2) is 18.2 Å². The molecular weight excluding hydrogens is 280 g/mol. The second-order valence-electron chi connectivity index (χ2n) is 6.07. The van der Waals surface area contributed by atoms with Crippen molar-refractivity contribution < 1.29 is 4.74 Å². The van der Waals surface area contributed by atoms with E-state index in [1.54, 1.807) is 7.11 Å². The standard InChI is InChI=1S/C17H26N2OS/c1-4-17(5-2)8-9-19(12-17)11-13-6-7-14(16(18)21)15(10-13)20-3/h6-7,10H,4-5,8-9,11-12H2,1-3H3,(H2,18,21). The molecule has 1 aromatic carbocycles. The van der Waals surface area contributed by atoms with Gasteiger partial charge in [0.1, 0.15) is 10.7 Å². The zero-order valence-corrected chi connectivity index (χ0v) is 14.1. The van der Waals surface area contributed by atoms with Crippen LogP contribution in [0.1, 0.15) is 44.2 Å². The normalized spacial score (nSPS) is 17.9. The van der Waals surface area contributed by atoms with Crippen molar-refractivity contribution >= 4 is 17.2 Å². The first kappa shape index (κ1) is 16.2. The summed E-state index contributed by atoms with van der Waals surface area (Å²) in [7, 11) is 1.66. The Morgan fingerprint density at radius 2 is 2.10 bits per heavy atom. The molecule has 0 spiro atoms.